The Morgan fingerprint density at radius 2 is 1.74 bits per heavy atom. The molecule has 1 saturated heterocycles. The van der Waals surface area contributed by atoms with Gasteiger partial charge < -0.3 is 15.3 Å². The summed E-state index contributed by atoms with van der Waals surface area (Å²) in [6.07, 6.45) is 3.29. The number of hydrogen-bond acceptors (Lipinski definition) is 3. The molecule has 0 aliphatic carbocycles. The topological polar surface area (TPSA) is 52.6 Å². The highest BCUT2D eigenvalue weighted by molar-refractivity contribution is 5.94. The molecule has 0 saturated carbocycles. The Labute approximate surface area is 136 Å². The summed E-state index contributed by atoms with van der Waals surface area (Å²) in [7, 11) is 0. The van der Waals surface area contributed by atoms with E-state index in [0.717, 1.165) is 30.0 Å². The summed E-state index contributed by atoms with van der Waals surface area (Å²) in [6, 6.07) is 15.1. The minimum atomic E-state index is -0.0279. The van der Waals surface area contributed by atoms with E-state index in [1.54, 1.807) is 12.1 Å². The lowest BCUT2D eigenvalue weighted by Gasteiger charge is -2.21. The van der Waals surface area contributed by atoms with E-state index in [1.165, 1.54) is 12.8 Å². The van der Waals surface area contributed by atoms with Crippen LogP contribution in [0.3, 0.4) is 0 Å². The fraction of sp³-hybridized carbons (Fsp3) is 0.316. The Hall–Kier alpha value is -2.49. The van der Waals surface area contributed by atoms with E-state index < -0.39 is 0 Å². The molecule has 0 bridgehead atoms. The number of aryl methyl sites for hydroxylation is 1. The molecule has 0 aromatic heterocycles. The maximum atomic E-state index is 12.3. The summed E-state index contributed by atoms with van der Waals surface area (Å²) >= 11 is 0. The van der Waals surface area contributed by atoms with Crippen molar-refractivity contribution in [3.8, 4) is 5.75 Å². The number of nitrogens with one attached hydrogen (secondary N) is 1. The number of phenols is 1. The SMILES string of the molecule is O=C(CCc1ccccc1O)Nc1ccccc1N1CCCC1. The van der Waals surface area contributed by atoms with Crippen LogP contribution >= 0.6 is 0 Å². The van der Waals surface area contributed by atoms with Crippen LogP contribution in [-0.2, 0) is 11.2 Å². The summed E-state index contributed by atoms with van der Waals surface area (Å²) < 4.78 is 0. The molecule has 1 heterocycles. The van der Waals surface area contributed by atoms with Crippen LogP contribution < -0.4 is 10.2 Å². The van der Waals surface area contributed by atoms with Crippen LogP contribution in [0.2, 0.25) is 0 Å². The van der Waals surface area contributed by atoms with Crippen LogP contribution in [0.1, 0.15) is 24.8 Å². The standard InChI is InChI=1S/C19H22N2O2/c22-18-10-4-1-7-15(18)11-12-19(23)20-16-8-2-3-9-17(16)21-13-5-6-14-21/h1-4,7-10,22H,5-6,11-14H2,(H,20,23). The first kappa shape index (κ1) is 15.4. The van der Waals surface area contributed by atoms with Gasteiger partial charge >= 0.3 is 0 Å². The normalized spacial score (nSPS) is 14.0. The van der Waals surface area contributed by atoms with Gasteiger partial charge in [-0.3, -0.25) is 4.79 Å². The van der Waals surface area contributed by atoms with Gasteiger partial charge in [0, 0.05) is 19.5 Å². The molecule has 1 amide bonds. The van der Waals surface area contributed by atoms with E-state index in [2.05, 4.69) is 16.3 Å². The molecule has 1 fully saturated rings. The molecule has 3 rings (SSSR count). The minimum absolute atomic E-state index is 0.0279. The second-order valence-electron chi connectivity index (χ2n) is 5.89. The van der Waals surface area contributed by atoms with E-state index in [1.807, 2.05) is 30.3 Å². The Bertz CT molecular complexity index is 679. The number of rotatable bonds is 5. The first-order chi connectivity index (χ1) is 11.2. The second kappa shape index (κ2) is 7.18. The van der Waals surface area contributed by atoms with Gasteiger partial charge in [0.25, 0.3) is 0 Å². The van der Waals surface area contributed by atoms with Gasteiger partial charge in [-0.25, -0.2) is 0 Å². The Kier molecular flexibility index (Phi) is 4.81. The number of anilines is 2. The van der Waals surface area contributed by atoms with Crippen molar-refractivity contribution in [1.82, 2.24) is 0 Å². The van der Waals surface area contributed by atoms with E-state index >= 15 is 0 Å². The molecule has 1 aliphatic heterocycles. The van der Waals surface area contributed by atoms with Crippen molar-refractivity contribution in [2.75, 3.05) is 23.3 Å². The molecule has 1 aliphatic rings. The molecule has 4 heteroatoms. The molecule has 23 heavy (non-hydrogen) atoms. The first-order valence-electron chi connectivity index (χ1n) is 8.15. The van der Waals surface area contributed by atoms with E-state index in [-0.39, 0.29) is 11.7 Å². The van der Waals surface area contributed by atoms with E-state index in [9.17, 15) is 9.90 Å². The van der Waals surface area contributed by atoms with Gasteiger partial charge in [0.2, 0.25) is 5.91 Å². The molecule has 0 atom stereocenters. The lowest BCUT2D eigenvalue weighted by molar-refractivity contribution is -0.116. The summed E-state index contributed by atoms with van der Waals surface area (Å²) in [5.74, 6) is 0.220. The number of amides is 1. The first-order valence-corrected chi connectivity index (χ1v) is 8.15. The smallest absolute Gasteiger partial charge is 0.224 e. The van der Waals surface area contributed by atoms with Crippen molar-refractivity contribution in [3.63, 3.8) is 0 Å². The third kappa shape index (κ3) is 3.83. The molecule has 0 spiro atoms. The number of nitrogens with zero attached hydrogens (tertiary/aromatic N) is 1. The predicted molar refractivity (Wildman–Crippen MR) is 92.9 cm³/mol. The third-order valence-corrected chi connectivity index (χ3v) is 4.24. The highest BCUT2D eigenvalue weighted by Gasteiger charge is 2.16. The van der Waals surface area contributed by atoms with Crippen molar-refractivity contribution >= 4 is 17.3 Å². The predicted octanol–water partition coefficient (Wildman–Crippen LogP) is 3.56. The Morgan fingerprint density at radius 1 is 1.04 bits per heavy atom. The lowest BCUT2D eigenvalue weighted by Crippen LogP contribution is -2.21. The Balaban J connectivity index is 1.63. The number of aromatic hydroxyl groups is 1. The lowest BCUT2D eigenvalue weighted by atomic mass is 10.1. The molecule has 120 valence electrons. The zero-order valence-electron chi connectivity index (χ0n) is 13.2. The molecule has 0 radical (unpaired) electrons. The number of hydrogen-bond donors (Lipinski definition) is 2. The van der Waals surface area contributed by atoms with Crippen molar-refractivity contribution in [2.45, 2.75) is 25.7 Å². The number of carbonyl (C=O) groups excluding carboxylic acids is 1. The van der Waals surface area contributed by atoms with Crippen LogP contribution in [0, 0.1) is 0 Å². The molecular formula is C19H22N2O2. The van der Waals surface area contributed by atoms with E-state index in [4.69, 9.17) is 0 Å². The molecule has 4 nitrogen and oxygen atoms in total. The Morgan fingerprint density at radius 3 is 2.52 bits per heavy atom. The number of phenolic OH excluding ortho intramolecular Hbond substituents is 1. The van der Waals surface area contributed by atoms with Gasteiger partial charge in [0.1, 0.15) is 5.75 Å². The molecule has 2 N–H and O–H groups in total. The number of carbonyl (C=O) groups is 1. The fourth-order valence-corrected chi connectivity index (χ4v) is 3.00. The van der Waals surface area contributed by atoms with Crippen molar-refractivity contribution in [3.05, 3.63) is 54.1 Å². The summed E-state index contributed by atoms with van der Waals surface area (Å²) in [5.41, 5.74) is 2.77. The largest absolute Gasteiger partial charge is 0.508 e. The highest BCUT2D eigenvalue weighted by atomic mass is 16.3. The summed E-state index contributed by atoms with van der Waals surface area (Å²) in [4.78, 5) is 14.6. The molecular weight excluding hydrogens is 288 g/mol. The number of para-hydroxylation sites is 3. The zero-order chi connectivity index (χ0) is 16.1. The molecule has 2 aromatic rings. The quantitative estimate of drug-likeness (QED) is 0.888. The van der Waals surface area contributed by atoms with Gasteiger partial charge in [-0.05, 0) is 43.0 Å². The second-order valence-corrected chi connectivity index (χ2v) is 5.89. The van der Waals surface area contributed by atoms with Crippen molar-refractivity contribution < 1.29 is 9.90 Å². The third-order valence-electron chi connectivity index (χ3n) is 4.24. The van der Waals surface area contributed by atoms with Gasteiger partial charge in [0.05, 0.1) is 11.4 Å². The van der Waals surface area contributed by atoms with Gasteiger partial charge in [0.15, 0.2) is 0 Å². The van der Waals surface area contributed by atoms with Crippen LogP contribution in [-0.4, -0.2) is 24.1 Å². The van der Waals surface area contributed by atoms with Gasteiger partial charge in [-0.2, -0.15) is 0 Å². The van der Waals surface area contributed by atoms with E-state index in [0.29, 0.717) is 12.8 Å². The summed E-state index contributed by atoms with van der Waals surface area (Å²) in [5, 5.41) is 12.8. The maximum absolute atomic E-state index is 12.3. The van der Waals surface area contributed by atoms with Crippen molar-refractivity contribution in [1.29, 1.82) is 0 Å². The summed E-state index contributed by atoms with van der Waals surface area (Å²) in [6.45, 7) is 2.09. The zero-order valence-corrected chi connectivity index (χ0v) is 13.2. The van der Waals surface area contributed by atoms with Crippen LogP contribution in [0.4, 0.5) is 11.4 Å². The molecule has 2 aromatic carbocycles. The average molecular weight is 310 g/mol. The molecule has 0 unspecified atom stereocenters. The van der Waals surface area contributed by atoms with Crippen LogP contribution in [0.25, 0.3) is 0 Å². The monoisotopic (exact) mass is 310 g/mol. The van der Waals surface area contributed by atoms with Gasteiger partial charge in [-0.15, -0.1) is 0 Å². The maximum Gasteiger partial charge on any atom is 0.224 e. The van der Waals surface area contributed by atoms with Crippen LogP contribution in [0.15, 0.2) is 48.5 Å². The fourth-order valence-electron chi connectivity index (χ4n) is 3.00. The highest BCUT2D eigenvalue weighted by Crippen LogP contribution is 2.28. The van der Waals surface area contributed by atoms with Crippen molar-refractivity contribution in [2.24, 2.45) is 0 Å². The number of benzene rings is 2. The van der Waals surface area contributed by atoms with Gasteiger partial charge in [-0.1, -0.05) is 30.3 Å². The minimum Gasteiger partial charge on any atom is -0.508 e. The van der Waals surface area contributed by atoms with Crippen LogP contribution in [0.5, 0.6) is 5.75 Å². The average Bonchev–Trinajstić information content (AvgIpc) is 3.09.